The van der Waals surface area contributed by atoms with Crippen molar-refractivity contribution in [1.29, 1.82) is 0 Å². The third kappa shape index (κ3) is 4.98. The van der Waals surface area contributed by atoms with Crippen LogP contribution in [-0.4, -0.2) is 53.6 Å². The molecule has 0 radical (unpaired) electrons. The fraction of sp³-hybridized carbons (Fsp3) is 0.667. The van der Waals surface area contributed by atoms with Crippen LogP contribution >= 0.6 is 0 Å². The minimum Gasteiger partial charge on any atom is -0.455 e. The molecule has 5 heteroatoms. The highest BCUT2D eigenvalue weighted by molar-refractivity contribution is 5.91. The van der Waals surface area contributed by atoms with E-state index in [0.29, 0.717) is 18.7 Å². The molecule has 0 aliphatic heterocycles. The van der Waals surface area contributed by atoms with Crippen LogP contribution in [0, 0.1) is 0 Å². The summed E-state index contributed by atoms with van der Waals surface area (Å²) in [6, 6.07) is 3.58. The summed E-state index contributed by atoms with van der Waals surface area (Å²) in [4.78, 5) is 15.9. The second-order valence-electron chi connectivity index (χ2n) is 5.09. The Kier molecular flexibility index (Phi) is 6.75. The van der Waals surface area contributed by atoms with Crippen molar-refractivity contribution < 1.29 is 14.3 Å². The molecule has 1 aromatic rings. The minimum absolute atomic E-state index is 0.142. The maximum Gasteiger partial charge on any atom is 0.289 e. The molecule has 0 aromatic carbocycles. The number of nitrogens with zero attached hydrogens (tertiary/aromatic N) is 2. The molecule has 0 saturated carbocycles. The van der Waals surface area contributed by atoms with Gasteiger partial charge in [-0.25, -0.2) is 0 Å². The predicted molar refractivity (Wildman–Crippen MR) is 78.6 cm³/mol. The lowest BCUT2D eigenvalue weighted by Crippen LogP contribution is -2.29. The molecule has 0 fully saturated rings. The quantitative estimate of drug-likeness (QED) is 0.792. The molecule has 5 nitrogen and oxygen atoms in total. The summed E-state index contributed by atoms with van der Waals surface area (Å²) in [5.41, 5.74) is 0. The summed E-state index contributed by atoms with van der Waals surface area (Å²) >= 11 is 0. The van der Waals surface area contributed by atoms with E-state index in [-0.39, 0.29) is 5.91 Å². The van der Waals surface area contributed by atoms with Gasteiger partial charge in [-0.05, 0) is 38.6 Å². The number of furan rings is 1. The number of carbonyl (C=O) groups excluding carboxylic acids is 1. The molecule has 1 atom stereocenters. The van der Waals surface area contributed by atoms with E-state index in [0.717, 1.165) is 25.4 Å². The van der Waals surface area contributed by atoms with Crippen molar-refractivity contribution in [1.82, 2.24) is 9.80 Å². The number of aliphatic hydroxyl groups excluding tert-OH is 1. The van der Waals surface area contributed by atoms with Gasteiger partial charge in [0, 0.05) is 13.6 Å². The Hall–Kier alpha value is -1.33. The standard InChI is InChI=1S/C15H26N2O3/c1-5-17(6-2)11-13-7-8-14(20-13)15(19)16(4)10-9-12(3)18/h7-8,12,18H,5-6,9-11H2,1-4H3. The van der Waals surface area contributed by atoms with Crippen LogP contribution in [0.4, 0.5) is 0 Å². The van der Waals surface area contributed by atoms with E-state index in [1.54, 1.807) is 24.9 Å². The lowest BCUT2D eigenvalue weighted by Gasteiger charge is -2.17. The second kappa shape index (κ2) is 8.07. The molecule has 20 heavy (non-hydrogen) atoms. The van der Waals surface area contributed by atoms with Gasteiger partial charge >= 0.3 is 0 Å². The molecule has 0 bridgehead atoms. The Labute approximate surface area is 121 Å². The maximum absolute atomic E-state index is 12.1. The number of hydrogen-bond acceptors (Lipinski definition) is 4. The third-order valence-corrected chi connectivity index (χ3v) is 3.38. The first kappa shape index (κ1) is 16.7. The van der Waals surface area contributed by atoms with E-state index in [1.807, 2.05) is 6.07 Å². The highest BCUT2D eigenvalue weighted by Gasteiger charge is 2.16. The summed E-state index contributed by atoms with van der Waals surface area (Å²) in [5, 5.41) is 9.24. The first-order valence-electron chi connectivity index (χ1n) is 7.22. The molecule has 114 valence electrons. The van der Waals surface area contributed by atoms with Crippen molar-refractivity contribution in [3.05, 3.63) is 23.7 Å². The van der Waals surface area contributed by atoms with Crippen molar-refractivity contribution in [2.45, 2.75) is 39.8 Å². The Morgan fingerprint density at radius 2 is 2.00 bits per heavy atom. The Bertz CT molecular complexity index is 411. The largest absolute Gasteiger partial charge is 0.455 e. The number of amides is 1. The zero-order valence-corrected chi connectivity index (χ0v) is 12.9. The molecular weight excluding hydrogens is 256 g/mol. The van der Waals surface area contributed by atoms with Gasteiger partial charge in [0.1, 0.15) is 5.76 Å². The first-order valence-corrected chi connectivity index (χ1v) is 7.22. The van der Waals surface area contributed by atoms with Crippen LogP contribution in [0.2, 0.25) is 0 Å². The van der Waals surface area contributed by atoms with Gasteiger partial charge in [0.05, 0.1) is 12.6 Å². The van der Waals surface area contributed by atoms with E-state index in [9.17, 15) is 9.90 Å². The van der Waals surface area contributed by atoms with E-state index >= 15 is 0 Å². The Balaban J connectivity index is 2.59. The zero-order chi connectivity index (χ0) is 15.1. The van der Waals surface area contributed by atoms with Gasteiger partial charge < -0.3 is 14.4 Å². The molecule has 0 spiro atoms. The summed E-state index contributed by atoms with van der Waals surface area (Å²) < 4.78 is 5.61. The van der Waals surface area contributed by atoms with Crippen LogP contribution in [0.3, 0.4) is 0 Å². The maximum atomic E-state index is 12.1. The number of carbonyl (C=O) groups is 1. The van der Waals surface area contributed by atoms with Crippen LogP contribution in [0.1, 0.15) is 43.5 Å². The Morgan fingerprint density at radius 1 is 1.35 bits per heavy atom. The lowest BCUT2D eigenvalue weighted by atomic mass is 10.2. The number of rotatable bonds is 8. The van der Waals surface area contributed by atoms with Crippen molar-refractivity contribution in [3.8, 4) is 0 Å². The summed E-state index contributed by atoms with van der Waals surface area (Å²) in [6.07, 6.45) is 0.162. The highest BCUT2D eigenvalue weighted by atomic mass is 16.4. The van der Waals surface area contributed by atoms with Crippen molar-refractivity contribution >= 4 is 5.91 Å². The molecular formula is C15H26N2O3. The summed E-state index contributed by atoms with van der Waals surface area (Å²) in [7, 11) is 1.72. The number of aliphatic hydroxyl groups is 1. The highest BCUT2D eigenvalue weighted by Crippen LogP contribution is 2.12. The van der Waals surface area contributed by atoms with Crippen LogP contribution in [0.5, 0.6) is 0 Å². The monoisotopic (exact) mass is 282 g/mol. The van der Waals surface area contributed by atoms with Crippen LogP contribution < -0.4 is 0 Å². The van der Waals surface area contributed by atoms with Gasteiger partial charge in [-0.1, -0.05) is 13.8 Å². The smallest absolute Gasteiger partial charge is 0.289 e. The van der Waals surface area contributed by atoms with E-state index in [4.69, 9.17) is 4.42 Å². The van der Waals surface area contributed by atoms with Gasteiger partial charge in [0.2, 0.25) is 0 Å². The zero-order valence-electron chi connectivity index (χ0n) is 12.9. The Morgan fingerprint density at radius 3 is 2.55 bits per heavy atom. The van der Waals surface area contributed by atoms with Crippen LogP contribution in [0.25, 0.3) is 0 Å². The van der Waals surface area contributed by atoms with E-state index in [2.05, 4.69) is 18.7 Å². The molecule has 0 saturated heterocycles. The van der Waals surface area contributed by atoms with Crippen molar-refractivity contribution in [2.75, 3.05) is 26.7 Å². The SMILES string of the molecule is CCN(CC)Cc1ccc(C(=O)N(C)CCC(C)O)o1. The molecule has 1 amide bonds. The van der Waals surface area contributed by atoms with Gasteiger partial charge in [0.25, 0.3) is 5.91 Å². The van der Waals surface area contributed by atoms with E-state index in [1.165, 1.54) is 0 Å². The molecule has 1 unspecified atom stereocenters. The normalized spacial score (nSPS) is 12.7. The minimum atomic E-state index is -0.403. The topological polar surface area (TPSA) is 56.9 Å². The third-order valence-electron chi connectivity index (χ3n) is 3.38. The summed E-state index contributed by atoms with van der Waals surface area (Å²) in [5.74, 6) is 1.03. The van der Waals surface area contributed by atoms with Gasteiger partial charge in [0.15, 0.2) is 5.76 Å². The molecule has 1 heterocycles. The van der Waals surface area contributed by atoms with Crippen LogP contribution in [-0.2, 0) is 6.54 Å². The fourth-order valence-corrected chi connectivity index (χ4v) is 1.92. The van der Waals surface area contributed by atoms with Gasteiger partial charge in [-0.2, -0.15) is 0 Å². The average Bonchev–Trinajstić information content (AvgIpc) is 2.89. The predicted octanol–water partition coefficient (Wildman–Crippen LogP) is 1.96. The molecule has 0 aliphatic rings. The first-order chi connectivity index (χ1) is 9.47. The number of hydrogen-bond donors (Lipinski definition) is 1. The van der Waals surface area contributed by atoms with Gasteiger partial charge in [-0.15, -0.1) is 0 Å². The summed E-state index contributed by atoms with van der Waals surface area (Å²) in [6.45, 7) is 9.06. The van der Waals surface area contributed by atoms with E-state index < -0.39 is 6.10 Å². The molecule has 0 aliphatic carbocycles. The average molecular weight is 282 g/mol. The second-order valence-corrected chi connectivity index (χ2v) is 5.09. The lowest BCUT2D eigenvalue weighted by molar-refractivity contribution is 0.0734. The van der Waals surface area contributed by atoms with Crippen molar-refractivity contribution in [3.63, 3.8) is 0 Å². The molecule has 1 rings (SSSR count). The fourth-order valence-electron chi connectivity index (χ4n) is 1.92. The van der Waals surface area contributed by atoms with Crippen LogP contribution in [0.15, 0.2) is 16.5 Å². The van der Waals surface area contributed by atoms with Crippen molar-refractivity contribution in [2.24, 2.45) is 0 Å². The van der Waals surface area contributed by atoms with Gasteiger partial charge in [-0.3, -0.25) is 9.69 Å². The molecule has 1 N–H and O–H groups in total. The molecule has 1 aromatic heterocycles.